The SMILES string of the molecule is Cl.Cl.N[C@H](Cc1ccc(Cl)cc1)C(=O)N1CCN(c2ncncc2F)CC1. The highest BCUT2D eigenvalue weighted by Crippen LogP contribution is 2.17. The molecule has 0 radical (unpaired) electrons. The number of benzene rings is 1. The third-order valence-corrected chi connectivity index (χ3v) is 4.48. The maximum Gasteiger partial charge on any atom is 0.239 e. The fourth-order valence-corrected chi connectivity index (χ4v) is 3.00. The summed E-state index contributed by atoms with van der Waals surface area (Å²) < 4.78 is 13.8. The van der Waals surface area contributed by atoms with Crippen LogP contribution in [0, 0.1) is 5.82 Å². The number of piperazine rings is 1. The predicted octanol–water partition coefficient (Wildman–Crippen LogP) is 2.33. The van der Waals surface area contributed by atoms with Crippen molar-refractivity contribution >= 4 is 48.1 Å². The van der Waals surface area contributed by atoms with Crippen LogP contribution < -0.4 is 10.6 Å². The molecule has 3 rings (SSSR count). The van der Waals surface area contributed by atoms with Gasteiger partial charge in [0.15, 0.2) is 11.6 Å². The van der Waals surface area contributed by atoms with Gasteiger partial charge in [-0.25, -0.2) is 14.4 Å². The van der Waals surface area contributed by atoms with Gasteiger partial charge in [-0.15, -0.1) is 24.8 Å². The highest BCUT2D eigenvalue weighted by molar-refractivity contribution is 6.30. The van der Waals surface area contributed by atoms with Crippen molar-refractivity contribution < 1.29 is 9.18 Å². The van der Waals surface area contributed by atoms with E-state index in [9.17, 15) is 9.18 Å². The minimum atomic E-state index is -0.608. The van der Waals surface area contributed by atoms with Crippen LogP contribution in [0.1, 0.15) is 5.56 Å². The predicted molar refractivity (Wildman–Crippen MR) is 108 cm³/mol. The number of halogens is 4. The van der Waals surface area contributed by atoms with Crippen LogP contribution in [0.2, 0.25) is 5.02 Å². The normalized spacial score (nSPS) is 14.8. The molecule has 148 valence electrons. The number of hydrogen-bond acceptors (Lipinski definition) is 5. The Labute approximate surface area is 174 Å². The van der Waals surface area contributed by atoms with Crippen molar-refractivity contribution in [2.45, 2.75) is 12.5 Å². The van der Waals surface area contributed by atoms with Gasteiger partial charge in [-0.1, -0.05) is 23.7 Å². The van der Waals surface area contributed by atoms with E-state index in [1.54, 1.807) is 17.0 Å². The Morgan fingerprint density at radius 3 is 2.41 bits per heavy atom. The highest BCUT2D eigenvalue weighted by Gasteiger charge is 2.26. The van der Waals surface area contributed by atoms with Crippen LogP contribution in [0.4, 0.5) is 10.2 Å². The fraction of sp³-hybridized carbons (Fsp3) is 0.353. The zero-order valence-corrected chi connectivity index (χ0v) is 16.8. The summed E-state index contributed by atoms with van der Waals surface area (Å²) in [5.74, 6) is -0.285. The van der Waals surface area contributed by atoms with Gasteiger partial charge in [-0.2, -0.15) is 0 Å². The van der Waals surface area contributed by atoms with Gasteiger partial charge in [0.05, 0.1) is 12.2 Å². The molecule has 0 bridgehead atoms. The van der Waals surface area contributed by atoms with Gasteiger partial charge in [0.1, 0.15) is 6.33 Å². The van der Waals surface area contributed by atoms with Crippen molar-refractivity contribution in [3.8, 4) is 0 Å². The minimum absolute atomic E-state index is 0. The molecule has 1 aromatic carbocycles. The first-order chi connectivity index (χ1) is 12.0. The molecule has 0 unspecified atom stereocenters. The minimum Gasteiger partial charge on any atom is -0.351 e. The molecule has 2 N–H and O–H groups in total. The smallest absolute Gasteiger partial charge is 0.239 e. The molecule has 0 saturated carbocycles. The Balaban J connectivity index is 0.00000182. The topological polar surface area (TPSA) is 75.4 Å². The number of carbonyl (C=O) groups is 1. The molecule has 1 saturated heterocycles. The summed E-state index contributed by atoms with van der Waals surface area (Å²) in [5, 5.41) is 0.650. The number of amides is 1. The average molecular weight is 437 g/mol. The maximum absolute atomic E-state index is 13.8. The van der Waals surface area contributed by atoms with Crippen LogP contribution in [-0.2, 0) is 11.2 Å². The summed E-state index contributed by atoms with van der Waals surface area (Å²) in [7, 11) is 0. The first kappa shape index (κ1) is 23.4. The third-order valence-electron chi connectivity index (χ3n) is 4.23. The molecule has 6 nitrogen and oxygen atoms in total. The zero-order valence-electron chi connectivity index (χ0n) is 14.4. The second-order valence-corrected chi connectivity index (χ2v) is 6.38. The molecule has 2 aromatic rings. The molecule has 0 aliphatic carbocycles. The molecule has 1 aliphatic heterocycles. The maximum atomic E-state index is 13.8. The molecule has 1 amide bonds. The van der Waals surface area contributed by atoms with Crippen LogP contribution in [0.3, 0.4) is 0 Å². The van der Waals surface area contributed by atoms with Crippen molar-refractivity contribution in [1.82, 2.24) is 14.9 Å². The summed E-state index contributed by atoms with van der Waals surface area (Å²) in [6.45, 7) is 1.98. The molecule has 1 aliphatic rings. The second kappa shape index (κ2) is 10.6. The molecule has 0 spiro atoms. The Kier molecular flexibility index (Phi) is 9.18. The lowest BCUT2D eigenvalue weighted by molar-refractivity contribution is -0.132. The Bertz CT molecular complexity index is 742. The van der Waals surface area contributed by atoms with Crippen LogP contribution in [0.5, 0.6) is 0 Å². The molecule has 2 heterocycles. The van der Waals surface area contributed by atoms with Crippen LogP contribution in [-0.4, -0.2) is 53.0 Å². The van der Waals surface area contributed by atoms with Gasteiger partial charge in [0.2, 0.25) is 5.91 Å². The fourth-order valence-electron chi connectivity index (χ4n) is 2.87. The first-order valence-corrected chi connectivity index (χ1v) is 8.41. The third kappa shape index (κ3) is 5.90. The molecule has 1 atom stereocenters. The number of carbonyl (C=O) groups excluding carboxylic acids is 1. The van der Waals surface area contributed by atoms with Crippen molar-refractivity contribution in [1.29, 1.82) is 0 Å². The van der Waals surface area contributed by atoms with Gasteiger partial charge in [0, 0.05) is 31.2 Å². The molecule has 27 heavy (non-hydrogen) atoms. The number of hydrogen-bond donors (Lipinski definition) is 1. The van der Waals surface area contributed by atoms with Gasteiger partial charge in [-0.3, -0.25) is 4.79 Å². The summed E-state index contributed by atoms with van der Waals surface area (Å²) in [6.07, 6.45) is 2.91. The van der Waals surface area contributed by atoms with E-state index in [2.05, 4.69) is 9.97 Å². The Morgan fingerprint density at radius 1 is 1.19 bits per heavy atom. The van der Waals surface area contributed by atoms with Crippen LogP contribution in [0.15, 0.2) is 36.8 Å². The van der Waals surface area contributed by atoms with E-state index in [1.165, 1.54) is 6.33 Å². The zero-order chi connectivity index (χ0) is 17.8. The van der Waals surface area contributed by atoms with Crippen molar-refractivity contribution in [2.75, 3.05) is 31.1 Å². The number of nitrogens with two attached hydrogens (primary N) is 1. The first-order valence-electron chi connectivity index (χ1n) is 8.04. The lowest BCUT2D eigenvalue weighted by Crippen LogP contribution is -2.54. The van der Waals surface area contributed by atoms with E-state index in [-0.39, 0.29) is 36.5 Å². The molecule has 1 aromatic heterocycles. The van der Waals surface area contributed by atoms with E-state index >= 15 is 0 Å². The molecule has 10 heteroatoms. The van der Waals surface area contributed by atoms with Crippen LogP contribution in [0.25, 0.3) is 0 Å². The molecular weight excluding hydrogens is 416 g/mol. The lowest BCUT2D eigenvalue weighted by atomic mass is 10.1. The van der Waals surface area contributed by atoms with Crippen molar-refractivity contribution in [2.24, 2.45) is 5.73 Å². The lowest BCUT2D eigenvalue weighted by Gasteiger charge is -2.36. The molecule has 1 fully saturated rings. The Morgan fingerprint density at radius 2 is 1.81 bits per heavy atom. The van der Waals surface area contributed by atoms with Gasteiger partial charge in [-0.05, 0) is 24.1 Å². The van der Waals surface area contributed by atoms with Crippen LogP contribution >= 0.6 is 36.4 Å². The van der Waals surface area contributed by atoms with E-state index < -0.39 is 11.9 Å². The van der Waals surface area contributed by atoms with Crippen molar-refractivity contribution in [3.05, 3.63) is 53.2 Å². The summed E-state index contributed by atoms with van der Waals surface area (Å²) in [6, 6.07) is 6.69. The summed E-state index contributed by atoms with van der Waals surface area (Å²) in [4.78, 5) is 23.7. The largest absolute Gasteiger partial charge is 0.351 e. The van der Waals surface area contributed by atoms with Gasteiger partial charge in [0.25, 0.3) is 0 Å². The second-order valence-electron chi connectivity index (χ2n) is 5.94. The van der Waals surface area contributed by atoms with E-state index in [1.807, 2.05) is 17.0 Å². The number of rotatable bonds is 4. The molecular formula is C17H21Cl3FN5O. The average Bonchev–Trinajstić information content (AvgIpc) is 2.63. The number of nitrogens with zero attached hydrogens (tertiary/aromatic N) is 4. The Hall–Kier alpha value is -1.67. The van der Waals surface area contributed by atoms with Gasteiger partial charge >= 0.3 is 0 Å². The van der Waals surface area contributed by atoms with Crippen molar-refractivity contribution in [3.63, 3.8) is 0 Å². The number of aromatic nitrogens is 2. The van der Waals surface area contributed by atoms with E-state index in [0.717, 1.165) is 11.8 Å². The standard InChI is InChI=1S/C17H19ClFN5O.2ClH/c18-13-3-1-12(2-4-13)9-15(20)17(25)24-7-5-23(6-8-24)16-14(19)10-21-11-22-16;;/h1-4,10-11,15H,5-9,20H2;2*1H/t15-;;/m1../s1. The quantitative estimate of drug-likeness (QED) is 0.796. The highest BCUT2D eigenvalue weighted by atomic mass is 35.5. The van der Waals surface area contributed by atoms with Gasteiger partial charge < -0.3 is 15.5 Å². The van der Waals surface area contributed by atoms with E-state index in [0.29, 0.717) is 37.6 Å². The number of anilines is 1. The monoisotopic (exact) mass is 435 g/mol. The van der Waals surface area contributed by atoms with E-state index in [4.69, 9.17) is 17.3 Å². The summed E-state index contributed by atoms with van der Waals surface area (Å²) >= 11 is 5.86. The summed E-state index contributed by atoms with van der Waals surface area (Å²) in [5.41, 5.74) is 7.03.